The number of furan rings is 1. The van der Waals surface area contributed by atoms with Crippen LogP contribution in [0.25, 0.3) is 11.1 Å². The molecule has 6 nitrogen and oxygen atoms in total. The lowest BCUT2D eigenvalue weighted by Crippen LogP contribution is -2.30. The van der Waals surface area contributed by atoms with Gasteiger partial charge in [0.05, 0.1) is 11.8 Å². The number of anilines is 1. The highest BCUT2D eigenvalue weighted by Crippen LogP contribution is 2.33. The maximum absolute atomic E-state index is 12.0. The zero-order valence-corrected chi connectivity index (χ0v) is 14.2. The number of halogens is 1. The minimum Gasteiger partial charge on any atom is -0.459 e. The molecule has 3 aromatic rings. The topological polar surface area (TPSA) is 80.0 Å². The van der Waals surface area contributed by atoms with E-state index in [2.05, 4.69) is 20.8 Å². The maximum Gasteiger partial charge on any atom is 0.305 e. The number of carbonyl (C=O) groups is 1. The van der Waals surface area contributed by atoms with E-state index in [4.69, 9.17) is 16.0 Å². The van der Waals surface area contributed by atoms with Crippen LogP contribution in [0.3, 0.4) is 0 Å². The molecule has 3 rings (SSSR count). The first-order chi connectivity index (χ1) is 11.7. The molecule has 1 amide bonds. The fourth-order valence-electron chi connectivity index (χ4n) is 2.04. The molecule has 0 saturated carbocycles. The van der Waals surface area contributed by atoms with E-state index in [1.807, 2.05) is 36.6 Å². The van der Waals surface area contributed by atoms with Crippen molar-refractivity contribution in [2.75, 3.05) is 11.7 Å². The first-order valence-electron chi connectivity index (χ1n) is 6.96. The van der Waals surface area contributed by atoms with Gasteiger partial charge >= 0.3 is 5.91 Å². The summed E-state index contributed by atoms with van der Waals surface area (Å²) in [5.74, 6) is 0.180. The Morgan fingerprint density at radius 1 is 1.17 bits per heavy atom. The molecule has 8 heteroatoms. The molecule has 0 atom stereocenters. The molecule has 0 unspecified atom stereocenters. The third-order valence-electron chi connectivity index (χ3n) is 3.13. The molecule has 2 N–H and O–H groups in total. The first kappa shape index (κ1) is 16.4. The SMILES string of the molecule is CSc1nc(Cl)c(-c2ccccc2)c(NNC(=O)c2ccco2)n1. The molecule has 2 aromatic heterocycles. The number of rotatable bonds is 5. The Morgan fingerprint density at radius 3 is 2.62 bits per heavy atom. The minimum absolute atomic E-state index is 0.189. The third kappa shape index (κ3) is 3.52. The standard InChI is InChI=1S/C16H13ClN4O2S/c1-24-16-18-13(17)12(10-6-3-2-4-7-10)14(19-16)20-21-15(22)11-8-5-9-23-11/h2-9H,1H3,(H,21,22)(H,18,19,20). The van der Waals surface area contributed by atoms with Gasteiger partial charge in [0.15, 0.2) is 16.7 Å². The normalized spacial score (nSPS) is 10.4. The second kappa shape index (κ2) is 7.37. The molecular formula is C16H13ClN4O2S. The zero-order valence-electron chi connectivity index (χ0n) is 12.6. The number of benzene rings is 1. The molecule has 0 bridgehead atoms. The number of aromatic nitrogens is 2. The van der Waals surface area contributed by atoms with Crippen molar-refractivity contribution in [2.45, 2.75) is 5.16 Å². The number of carbonyl (C=O) groups excluding carboxylic acids is 1. The van der Waals surface area contributed by atoms with Gasteiger partial charge in [-0.15, -0.1) is 0 Å². The zero-order chi connectivity index (χ0) is 16.9. The van der Waals surface area contributed by atoms with E-state index in [0.717, 1.165) is 5.56 Å². The van der Waals surface area contributed by atoms with Crippen LogP contribution in [0.5, 0.6) is 0 Å². The molecule has 0 fully saturated rings. The fraction of sp³-hybridized carbons (Fsp3) is 0.0625. The Hall–Kier alpha value is -2.51. The third-order valence-corrected chi connectivity index (χ3v) is 3.95. The van der Waals surface area contributed by atoms with Crippen LogP contribution in [0.4, 0.5) is 5.82 Å². The lowest BCUT2D eigenvalue weighted by molar-refractivity contribution is 0.0935. The average Bonchev–Trinajstić information content (AvgIpc) is 3.14. The van der Waals surface area contributed by atoms with Crippen LogP contribution in [0.2, 0.25) is 5.15 Å². The monoisotopic (exact) mass is 360 g/mol. The van der Waals surface area contributed by atoms with Crippen molar-refractivity contribution < 1.29 is 9.21 Å². The summed E-state index contributed by atoms with van der Waals surface area (Å²) in [7, 11) is 0. The molecule has 1 aromatic carbocycles. The van der Waals surface area contributed by atoms with Crippen LogP contribution in [0.1, 0.15) is 10.6 Å². The smallest absolute Gasteiger partial charge is 0.305 e. The highest BCUT2D eigenvalue weighted by molar-refractivity contribution is 7.98. The van der Waals surface area contributed by atoms with Crippen molar-refractivity contribution in [3.63, 3.8) is 0 Å². The van der Waals surface area contributed by atoms with Crippen LogP contribution in [-0.4, -0.2) is 22.1 Å². The molecule has 0 saturated heterocycles. The number of amides is 1. The molecule has 0 aliphatic heterocycles. The van der Waals surface area contributed by atoms with Gasteiger partial charge in [-0.1, -0.05) is 53.7 Å². The van der Waals surface area contributed by atoms with Gasteiger partial charge < -0.3 is 4.42 Å². The number of hydrogen-bond donors (Lipinski definition) is 2. The lowest BCUT2D eigenvalue weighted by Gasteiger charge is -2.13. The summed E-state index contributed by atoms with van der Waals surface area (Å²) in [6.45, 7) is 0. The molecule has 24 heavy (non-hydrogen) atoms. The summed E-state index contributed by atoms with van der Waals surface area (Å²) >= 11 is 7.68. The van der Waals surface area contributed by atoms with Crippen LogP contribution in [0.15, 0.2) is 58.3 Å². The number of nitrogens with zero attached hydrogens (tertiary/aromatic N) is 2. The van der Waals surface area contributed by atoms with Gasteiger partial charge in [0.2, 0.25) is 0 Å². The van der Waals surface area contributed by atoms with Crippen LogP contribution in [-0.2, 0) is 0 Å². The van der Waals surface area contributed by atoms with Crippen molar-refractivity contribution in [2.24, 2.45) is 0 Å². The highest BCUT2D eigenvalue weighted by atomic mass is 35.5. The van der Waals surface area contributed by atoms with Crippen molar-refractivity contribution in [3.8, 4) is 11.1 Å². The van der Waals surface area contributed by atoms with Crippen LogP contribution in [0, 0.1) is 0 Å². The van der Waals surface area contributed by atoms with Gasteiger partial charge in [0.25, 0.3) is 0 Å². The Morgan fingerprint density at radius 2 is 1.96 bits per heavy atom. The minimum atomic E-state index is -0.417. The molecular weight excluding hydrogens is 348 g/mol. The summed E-state index contributed by atoms with van der Waals surface area (Å²) in [6.07, 6.45) is 3.27. The van der Waals surface area contributed by atoms with E-state index in [0.29, 0.717) is 21.7 Å². The lowest BCUT2D eigenvalue weighted by atomic mass is 10.1. The van der Waals surface area contributed by atoms with Crippen LogP contribution < -0.4 is 10.9 Å². The van der Waals surface area contributed by atoms with E-state index in [1.165, 1.54) is 18.0 Å². The second-order valence-corrected chi connectivity index (χ2v) is 5.78. The van der Waals surface area contributed by atoms with Gasteiger partial charge in [-0.2, -0.15) is 0 Å². The molecule has 0 spiro atoms. The largest absolute Gasteiger partial charge is 0.459 e. The average molecular weight is 361 g/mol. The fourth-order valence-corrected chi connectivity index (χ4v) is 2.74. The van der Waals surface area contributed by atoms with Crippen molar-refractivity contribution in [1.29, 1.82) is 0 Å². The van der Waals surface area contributed by atoms with E-state index in [-0.39, 0.29) is 5.76 Å². The number of thioether (sulfide) groups is 1. The number of hydrogen-bond acceptors (Lipinski definition) is 6. The Bertz CT molecular complexity index is 841. The summed E-state index contributed by atoms with van der Waals surface area (Å²) in [5.41, 5.74) is 6.80. The predicted octanol–water partition coefficient (Wildman–Crippen LogP) is 3.87. The van der Waals surface area contributed by atoms with Gasteiger partial charge in [-0.3, -0.25) is 15.6 Å². The molecule has 0 aliphatic carbocycles. The molecule has 0 radical (unpaired) electrons. The van der Waals surface area contributed by atoms with Gasteiger partial charge in [-0.25, -0.2) is 9.97 Å². The van der Waals surface area contributed by atoms with Gasteiger partial charge in [0.1, 0.15) is 5.15 Å². The summed E-state index contributed by atoms with van der Waals surface area (Å²) < 4.78 is 5.05. The Labute approximate surface area is 147 Å². The molecule has 2 heterocycles. The molecule has 0 aliphatic rings. The number of nitrogens with one attached hydrogen (secondary N) is 2. The van der Waals surface area contributed by atoms with Crippen molar-refractivity contribution in [1.82, 2.24) is 15.4 Å². The highest BCUT2D eigenvalue weighted by Gasteiger charge is 2.16. The van der Waals surface area contributed by atoms with Crippen molar-refractivity contribution in [3.05, 3.63) is 59.6 Å². The number of hydrazine groups is 1. The Kier molecular flexibility index (Phi) is 5.02. The van der Waals surface area contributed by atoms with Gasteiger partial charge in [0, 0.05) is 0 Å². The van der Waals surface area contributed by atoms with Crippen LogP contribution >= 0.6 is 23.4 Å². The first-order valence-corrected chi connectivity index (χ1v) is 8.56. The van der Waals surface area contributed by atoms with Gasteiger partial charge in [-0.05, 0) is 24.0 Å². The maximum atomic E-state index is 12.0. The van der Waals surface area contributed by atoms with E-state index in [1.54, 1.807) is 12.1 Å². The van der Waals surface area contributed by atoms with Crippen molar-refractivity contribution >= 4 is 35.1 Å². The summed E-state index contributed by atoms with van der Waals surface area (Å²) in [6, 6.07) is 12.7. The Balaban J connectivity index is 1.93. The summed E-state index contributed by atoms with van der Waals surface area (Å²) in [4.78, 5) is 20.7. The second-order valence-electron chi connectivity index (χ2n) is 4.65. The quantitative estimate of drug-likeness (QED) is 0.311. The predicted molar refractivity (Wildman–Crippen MR) is 94.1 cm³/mol. The van der Waals surface area contributed by atoms with E-state index >= 15 is 0 Å². The molecule has 122 valence electrons. The summed E-state index contributed by atoms with van der Waals surface area (Å²) in [5, 5.41) is 0.796. The van der Waals surface area contributed by atoms with E-state index in [9.17, 15) is 4.79 Å². The van der Waals surface area contributed by atoms with E-state index < -0.39 is 5.91 Å².